The number of likely N-dealkylation sites (N-methyl/N-ethyl adjacent to an activating group) is 1. The van der Waals surface area contributed by atoms with E-state index in [4.69, 9.17) is 9.47 Å². The Hall–Kier alpha value is -1.03. The van der Waals surface area contributed by atoms with Crippen molar-refractivity contribution in [3.05, 3.63) is 11.5 Å². The van der Waals surface area contributed by atoms with Crippen LogP contribution >= 0.6 is 0 Å². The molecule has 74 valence electrons. The average Bonchev–Trinajstić information content (AvgIpc) is 2.68. The van der Waals surface area contributed by atoms with Crippen LogP contribution in [0.15, 0.2) is 11.5 Å². The van der Waals surface area contributed by atoms with E-state index >= 15 is 0 Å². The molecule has 1 aliphatic rings. The summed E-state index contributed by atoms with van der Waals surface area (Å²) in [6.07, 6.45) is 0.106. The van der Waals surface area contributed by atoms with Gasteiger partial charge in [0, 0.05) is 21.0 Å². The Kier molecular flexibility index (Phi) is 2.93. The van der Waals surface area contributed by atoms with Gasteiger partial charge >= 0.3 is 5.97 Å². The van der Waals surface area contributed by atoms with Crippen LogP contribution < -0.4 is 0 Å². The predicted octanol–water partition coefficient (Wildman–Crippen LogP) is 0.741. The van der Waals surface area contributed by atoms with E-state index < -0.39 is 0 Å². The normalized spacial score (nSPS) is 22.0. The van der Waals surface area contributed by atoms with Crippen molar-refractivity contribution in [2.45, 2.75) is 20.0 Å². The van der Waals surface area contributed by atoms with Crippen LogP contribution in [0.25, 0.3) is 0 Å². The molecule has 0 saturated carbocycles. The largest absolute Gasteiger partial charge is 0.430 e. The topological polar surface area (TPSA) is 42.1 Å². The summed E-state index contributed by atoms with van der Waals surface area (Å²) in [7, 11) is 3.81. The maximum absolute atomic E-state index is 10.7. The molecule has 0 spiro atoms. The van der Waals surface area contributed by atoms with E-state index in [1.54, 1.807) is 6.92 Å². The Morgan fingerprint density at radius 1 is 1.46 bits per heavy atom. The van der Waals surface area contributed by atoms with Gasteiger partial charge in [0.2, 0.25) is 0 Å². The summed E-state index contributed by atoms with van der Waals surface area (Å²) in [6.45, 7) is 3.88. The van der Waals surface area contributed by atoms with Crippen molar-refractivity contribution < 1.29 is 14.3 Å². The zero-order valence-corrected chi connectivity index (χ0v) is 8.46. The van der Waals surface area contributed by atoms with Crippen LogP contribution in [-0.2, 0) is 14.3 Å². The van der Waals surface area contributed by atoms with Crippen LogP contribution in [0.5, 0.6) is 0 Å². The second-order valence-electron chi connectivity index (χ2n) is 3.25. The lowest BCUT2D eigenvalue weighted by atomic mass is 10.3. The molecular formula is C9H15NO3. The second-order valence-corrected chi connectivity index (χ2v) is 3.25. The van der Waals surface area contributed by atoms with Gasteiger partial charge in [-0.2, -0.15) is 0 Å². The quantitative estimate of drug-likeness (QED) is 0.369. The van der Waals surface area contributed by atoms with Gasteiger partial charge in [-0.05, 0) is 6.92 Å². The number of rotatable bonds is 3. The fourth-order valence-electron chi connectivity index (χ4n) is 1.30. The van der Waals surface area contributed by atoms with Crippen LogP contribution in [0, 0.1) is 0 Å². The monoisotopic (exact) mass is 185 g/mol. The molecule has 1 atom stereocenters. The molecule has 1 fully saturated rings. The third kappa shape index (κ3) is 2.73. The summed E-state index contributed by atoms with van der Waals surface area (Å²) < 4.78 is 10.1. The molecule has 0 aliphatic carbocycles. The molecule has 4 nitrogen and oxygen atoms in total. The lowest BCUT2D eigenvalue weighted by molar-refractivity contribution is -0.137. The van der Waals surface area contributed by atoms with E-state index in [9.17, 15) is 4.79 Å². The van der Waals surface area contributed by atoms with E-state index in [0.717, 1.165) is 5.70 Å². The molecule has 0 aromatic heterocycles. The number of carbonyl (C=O) groups excluding carboxylic acids is 1. The lowest BCUT2D eigenvalue weighted by Crippen LogP contribution is -2.19. The molecule has 0 aromatic carbocycles. The molecule has 0 bridgehead atoms. The third-order valence-corrected chi connectivity index (χ3v) is 1.78. The maximum atomic E-state index is 10.7. The lowest BCUT2D eigenvalue weighted by Gasteiger charge is -2.17. The molecule has 0 aromatic rings. The highest BCUT2D eigenvalue weighted by molar-refractivity contribution is 5.67. The predicted molar refractivity (Wildman–Crippen MR) is 47.9 cm³/mol. The summed E-state index contributed by atoms with van der Waals surface area (Å²) in [5, 5.41) is 0. The molecule has 0 N–H and O–H groups in total. The molecule has 4 heteroatoms. The van der Waals surface area contributed by atoms with Crippen molar-refractivity contribution in [1.82, 2.24) is 4.90 Å². The van der Waals surface area contributed by atoms with E-state index in [1.807, 2.05) is 19.0 Å². The Labute approximate surface area is 78.1 Å². The van der Waals surface area contributed by atoms with Crippen molar-refractivity contribution in [3.63, 3.8) is 0 Å². The maximum Gasteiger partial charge on any atom is 0.307 e. The first-order chi connectivity index (χ1) is 6.02. The molecular weight excluding hydrogens is 170 g/mol. The fourth-order valence-corrected chi connectivity index (χ4v) is 1.30. The third-order valence-electron chi connectivity index (χ3n) is 1.78. The van der Waals surface area contributed by atoms with Gasteiger partial charge in [-0.15, -0.1) is 0 Å². The highest BCUT2D eigenvalue weighted by Crippen LogP contribution is 2.24. The highest BCUT2D eigenvalue weighted by Gasteiger charge is 2.31. The number of nitrogens with zero attached hydrogens (tertiary/aromatic N) is 1. The van der Waals surface area contributed by atoms with Crippen LogP contribution in [0.4, 0.5) is 0 Å². The first kappa shape index (κ1) is 10.1. The molecule has 1 aliphatic heterocycles. The number of hydrogen-bond donors (Lipinski definition) is 0. The first-order valence-electron chi connectivity index (χ1n) is 4.20. The molecule has 0 radical (unpaired) electrons. The average molecular weight is 185 g/mol. The Morgan fingerprint density at radius 3 is 2.31 bits per heavy atom. The number of hydrogen-bond acceptors (Lipinski definition) is 4. The van der Waals surface area contributed by atoms with Gasteiger partial charge in [0.15, 0.2) is 0 Å². The number of esters is 1. The minimum atomic E-state index is -0.294. The fraction of sp³-hybridized carbons (Fsp3) is 0.667. The van der Waals surface area contributed by atoms with Crippen LogP contribution in [0.2, 0.25) is 0 Å². The molecule has 1 saturated heterocycles. The van der Waals surface area contributed by atoms with Gasteiger partial charge in [0.25, 0.3) is 0 Å². The zero-order chi connectivity index (χ0) is 10.0. The van der Waals surface area contributed by atoms with Gasteiger partial charge in [-0.1, -0.05) is 0 Å². The van der Waals surface area contributed by atoms with E-state index in [0.29, 0.717) is 12.4 Å². The van der Waals surface area contributed by atoms with Gasteiger partial charge in [-0.25, -0.2) is 0 Å². The van der Waals surface area contributed by atoms with Crippen molar-refractivity contribution in [3.8, 4) is 0 Å². The van der Waals surface area contributed by atoms with Gasteiger partial charge in [-0.3, -0.25) is 4.79 Å². The first-order valence-corrected chi connectivity index (χ1v) is 4.20. The summed E-state index contributed by atoms with van der Waals surface area (Å²) in [5.74, 6) is 0.331. The van der Waals surface area contributed by atoms with Crippen LogP contribution in [-0.4, -0.2) is 37.7 Å². The summed E-state index contributed by atoms with van der Waals surface area (Å²) in [4.78, 5) is 12.6. The summed E-state index contributed by atoms with van der Waals surface area (Å²) in [6, 6.07) is 0. The van der Waals surface area contributed by atoms with Crippen molar-refractivity contribution in [1.29, 1.82) is 0 Å². The molecule has 1 heterocycles. The second kappa shape index (κ2) is 3.79. The molecule has 1 unspecified atom stereocenters. The minimum Gasteiger partial charge on any atom is -0.430 e. The molecule has 0 amide bonds. The van der Waals surface area contributed by atoms with Gasteiger partial charge in [0.05, 0.1) is 12.3 Å². The Balaban J connectivity index is 2.74. The van der Waals surface area contributed by atoms with Crippen molar-refractivity contribution in [2.24, 2.45) is 0 Å². The highest BCUT2D eigenvalue weighted by atomic mass is 16.6. The van der Waals surface area contributed by atoms with Crippen molar-refractivity contribution >= 4 is 5.97 Å². The van der Waals surface area contributed by atoms with Crippen LogP contribution in [0.3, 0.4) is 0 Å². The van der Waals surface area contributed by atoms with Crippen LogP contribution in [0.1, 0.15) is 13.8 Å². The molecule has 13 heavy (non-hydrogen) atoms. The number of allylic oxidation sites excluding steroid dienone is 1. The van der Waals surface area contributed by atoms with E-state index in [2.05, 4.69) is 0 Å². The summed E-state index contributed by atoms with van der Waals surface area (Å²) in [5.41, 5.74) is 0.940. The number of epoxide rings is 1. The van der Waals surface area contributed by atoms with Gasteiger partial charge in [0.1, 0.15) is 11.9 Å². The standard InChI is InChI=1S/C9H15NO3/c1-6(13-7(2)11)9(10(3)4)8-5-12-8/h8H,5H2,1-4H3/b9-6-. The minimum absolute atomic E-state index is 0.106. The molecule has 1 rings (SSSR count). The smallest absolute Gasteiger partial charge is 0.307 e. The Bertz CT molecular complexity index is 237. The summed E-state index contributed by atoms with van der Waals surface area (Å²) >= 11 is 0. The zero-order valence-electron chi connectivity index (χ0n) is 8.46. The number of carbonyl (C=O) groups is 1. The number of ether oxygens (including phenoxy) is 2. The van der Waals surface area contributed by atoms with Gasteiger partial charge < -0.3 is 14.4 Å². The Morgan fingerprint density at radius 2 is 2.00 bits per heavy atom. The van der Waals surface area contributed by atoms with E-state index in [-0.39, 0.29) is 12.1 Å². The van der Waals surface area contributed by atoms with Crippen molar-refractivity contribution in [2.75, 3.05) is 20.7 Å². The van der Waals surface area contributed by atoms with E-state index in [1.165, 1.54) is 6.92 Å². The SMILES string of the molecule is CC(=O)O/C(C)=C(/C1CO1)N(C)C.